The Kier molecular flexibility index (Phi) is 5.59. The lowest BCUT2D eigenvalue weighted by atomic mass is 10.2. The van der Waals surface area contributed by atoms with Crippen molar-refractivity contribution in [2.24, 2.45) is 0 Å². The van der Waals surface area contributed by atoms with Crippen LogP contribution in [-0.4, -0.2) is 40.6 Å². The highest BCUT2D eigenvalue weighted by molar-refractivity contribution is 9.10. The van der Waals surface area contributed by atoms with Crippen LogP contribution in [0.4, 0.5) is 5.69 Å². The number of nitrogens with zero attached hydrogens (tertiary/aromatic N) is 3. The standard InChI is InChI=1S/C17H22BrN5O2Si/c1-26(2,3)7-6-25-11-23-15-8-12(18)4-5-14(15)16(22-23)17(24)21-13-9-19-20-10-13/h4-5,8-10H,6-7,11H2,1-3H3,(H,19,20)(H,21,24)/q-1. The molecule has 7 nitrogen and oxygen atoms in total. The van der Waals surface area contributed by atoms with E-state index in [1.54, 1.807) is 17.1 Å². The second kappa shape index (κ2) is 7.73. The fourth-order valence-electron chi connectivity index (χ4n) is 2.45. The van der Waals surface area contributed by atoms with Gasteiger partial charge in [0.05, 0.1) is 17.4 Å². The Bertz CT molecular complexity index is 902. The minimum atomic E-state index is -1.14. The number of ether oxygens (including phenoxy) is 1. The lowest BCUT2D eigenvalue weighted by molar-refractivity contribution is 0.0809. The molecule has 26 heavy (non-hydrogen) atoms. The van der Waals surface area contributed by atoms with E-state index < -0.39 is 8.07 Å². The quantitative estimate of drug-likeness (QED) is 0.432. The Morgan fingerprint density at radius 3 is 2.88 bits per heavy atom. The van der Waals surface area contributed by atoms with Gasteiger partial charge in [-0.25, -0.2) is 4.68 Å². The summed E-state index contributed by atoms with van der Waals surface area (Å²) in [6, 6.07) is 6.81. The normalized spacial score (nSPS) is 11.8. The van der Waals surface area contributed by atoms with Crippen molar-refractivity contribution in [2.45, 2.75) is 32.4 Å². The summed E-state index contributed by atoms with van der Waals surface area (Å²) in [5.41, 5.74) is 1.81. The predicted molar refractivity (Wildman–Crippen MR) is 108 cm³/mol. The van der Waals surface area contributed by atoms with Gasteiger partial charge >= 0.3 is 0 Å². The van der Waals surface area contributed by atoms with Crippen LogP contribution in [0.5, 0.6) is 0 Å². The summed E-state index contributed by atoms with van der Waals surface area (Å²) in [4.78, 5) is 12.6. The van der Waals surface area contributed by atoms with E-state index in [4.69, 9.17) is 4.74 Å². The zero-order valence-corrected chi connectivity index (χ0v) is 17.6. The average molecular weight is 436 g/mol. The predicted octanol–water partition coefficient (Wildman–Crippen LogP) is 4.09. The van der Waals surface area contributed by atoms with Gasteiger partial charge in [0.1, 0.15) is 6.73 Å². The monoisotopic (exact) mass is 435 g/mol. The number of halogens is 1. The molecule has 3 rings (SSSR count). The molecular formula is C17H22BrN5O2Si-. The van der Waals surface area contributed by atoms with Gasteiger partial charge in [-0.15, -0.1) is 14.1 Å². The third-order valence-electron chi connectivity index (χ3n) is 3.89. The summed E-state index contributed by atoms with van der Waals surface area (Å²) >= 11 is 3.48. The molecule has 0 spiro atoms. The molecule has 0 radical (unpaired) electrons. The molecule has 0 unspecified atom stereocenters. The number of benzene rings is 1. The van der Waals surface area contributed by atoms with Gasteiger partial charge in [-0.05, 0) is 18.2 Å². The maximum absolute atomic E-state index is 12.6. The average Bonchev–Trinajstić information content (AvgIpc) is 3.18. The van der Waals surface area contributed by atoms with Crippen LogP contribution >= 0.6 is 15.9 Å². The van der Waals surface area contributed by atoms with E-state index in [0.717, 1.165) is 21.4 Å². The van der Waals surface area contributed by atoms with Crippen LogP contribution in [0, 0.1) is 0 Å². The van der Waals surface area contributed by atoms with Crippen LogP contribution in [-0.2, 0) is 11.5 Å². The van der Waals surface area contributed by atoms with Gasteiger partial charge in [-0.1, -0.05) is 15.9 Å². The summed E-state index contributed by atoms with van der Waals surface area (Å²) in [7, 11) is -1.14. The molecule has 2 N–H and O–H groups in total. The summed E-state index contributed by atoms with van der Waals surface area (Å²) < 4.78 is 8.47. The number of nitrogens with one attached hydrogen (secondary N) is 2. The van der Waals surface area contributed by atoms with E-state index in [1.807, 2.05) is 18.2 Å². The second-order valence-corrected chi connectivity index (χ2v) is 13.8. The highest BCUT2D eigenvalue weighted by Crippen LogP contribution is 2.24. The third kappa shape index (κ3) is 4.60. The molecular weight excluding hydrogens is 414 g/mol. The number of H-pyrrole nitrogens is 1. The number of amides is 1. The number of hydrogen-bond acceptors (Lipinski definition) is 4. The van der Waals surface area contributed by atoms with Crippen molar-refractivity contribution in [2.75, 3.05) is 11.9 Å². The Morgan fingerprint density at radius 2 is 2.19 bits per heavy atom. The molecule has 0 aliphatic rings. The van der Waals surface area contributed by atoms with Gasteiger partial charge in [0, 0.05) is 22.7 Å². The first-order chi connectivity index (χ1) is 12.3. The molecule has 9 heteroatoms. The second-order valence-electron chi connectivity index (χ2n) is 7.30. The molecule has 2 aromatic heterocycles. The van der Waals surface area contributed by atoms with Crippen LogP contribution in [0.15, 0.2) is 35.1 Å². The molecule has 3 aromatic rings. The lowest BCUT2D eigenvalue weighted by Crippen LogP contribution is -2.22. The molecule has 0 atom stereocenters. The molecule has 0 bridgehead atoms. The van der Waals surface area contributed by atoms with Crippen molar-refractivity contribution in [3.8, 4) is 0 Å². The maximum Gasteiger partial charge on any atom is 0.276 e. The van der Waals surface area contributed by atoms with E-state index in [9.17, 15) is 4.79 Å². The number of hydrogen-bond donors (Lipinski definition) is 2. The van der Waals surface area contributed by atoms with Crippen LogP contribution in [0.1, 0.15) is 10.5 Å². The highest BCUT2D eigenvalue weighted by Gasteiger charge is 2.18. The fourth-order valence-corrected chi connectivity index (χ4v) is 3.56. The van der Waals surface area contributed by atoms with Crippen LogP contribution < -0.4 is 5.32 Å². The highest BCUT2D eigenvalue weighted by atomic mass is 79.9. The number of aromatic nitrogens is 4. The minimum absolute atomic E-state index is 0.278. The first-order valence-electron chi connectivity index (χ1n) is 8.37. The van der Waals surface area contributed by atoms with E-state index in [-0.39, 0.29) is 5.91 Å². The van der Waals surface area contributed by atoms with E-state index >= 15 is 0 Å². The van der Waals surface area contributed by atoms with Crippen molar-refractivity contribution >= 4 is 46.5 Å². The molecule has 0 aliphatic heterocycles. The molecule has 0 fully saturated rings. The molecule has 0 saturated heterocycles. The van der Waals surface area contributed by atoms with Crippen LogP contribution in [0.25, 0.3) is 10.9 Å². The molecule has 2 heterocycles. The van der Waals surface area contributed by atoms with Crippen molar-refractivity contribution in [3.05, 3.63) is 40.8 Å². The van der Waals surface area contributed by atoms with Gasteiger partial charge in [0.2, 0.25) is 0 Å². The Morgan fingerprint density at radius 1 is 1.38 bits per heavy atom. The summed E-state index contributed by atoms with van der Waals surface area (Å²) in [6.07, 6.45) is 3.17. The van der Waals surface area contributed by atoms with Crippen LogP contribution in [0.2, 0.25) is 25.7 Å². The Balaban J connectivity index is 1.82. The van der Waals surface area contributed by atoms with Gasteiger partial charge in [0.15, 0.2) is 5.69 Å². The number of fused-ring (bicyclic) bond motifs is 1. The number of rotatable bonds is 7. The fraction of sp³-hybridized carbons (Fsp3) is 0.353. The van der Waals surface area contributed by atoms with Crippen molar-refractivity contribution in [1.82, 2.24) is 20.0 Å². The van der Waals surface area contributed by atoms with Gasteiger partial charge in [-0.3, -0.25) is 9.89 Å². The summed E-state index contributed by atoms with van der Waals surface area (Å²) in [5, 5.41) is 14.6. The molecule has 1 aromatic carbocycles. The molecule has 0 aliphatic carbocycles. The summed E-state index contributed by atoms with van der Waals surface area (Å²) in [5.74, 6) is -0.278. The maximum atomic E-state index is 12.6. The molecule has 1 amide bonds. The van der Waals surface area contributed by atoms with E-state index in [2.05, 4.69) is 56.2 Å². The van der Waals surface area contributed by atoms with Gasteiger partial charge < -0.3 is 10.1 Å². The van der Waals surface area contributed by atoms with E-state index in [0.29, 0.717) is 24.7 Å². The molecule has 0 saturated carbocycles. The molecule has 139 valence electrons. The number of aromatic amines is 1. The zero-order chi connectivity index (χ0) is 18.7. The van der Waals surface area contributed by atoms with Crippen LogP contribution in [0.3, 0.4) is 0 Å². The van der Waals surface area contributed by atoms with Crippen molar-refractivity contribution < 1.29 is 9.53 Å². The SMILES string of the molecule is C[Si-](C)(C)CCOCn1nc(C(=O)Nc2cn[nH]c2)c2ccc(Br)cc21. The first-order valence-corrected chi connectivity index (χ1v) is 12.9. The number of anilines is 1. The first kappa shape index (κ1) is 18.8. The largest absolute Gasteiger partial charge is 0.362 e. The third-order valence-corrected chi connectivity index (χ3v) is 6.09. The van der Waals surface area contributed by atoms with Crippen molar-refractivity contribution in [1.29, 1.82) is 0 Å². The van der Waals surface area contributed by atoms with Crippen molar-refractivity contribution in [3.63, 3.8) is 0 Å². The minimum Gasteiger partial charge on any atom is -0.362 e. The smallest absolute Gasteiger partial charge is 0.276 e. The lowest BCUT2D eigenvalue weighted by Gasteiger charge is -2.26. The zero-order valence-electron chi connectivity index (χ0n) is 15.0. The van der Waals surface area contributed by atoms with Gasteiger partial charge in [-0.2, -0.15) is 29.8 Å². The topological polar surface area (TPSA) is 84.8 Å². The van der Waals surface area contributed by atoms with E-state index in [1.165, 1.54) is 0 Å². The number of carbonyl (C=O) groups excluding carboxylic acids is 1. The number of carbonyl (C=O) groups is 1. The van der Waals surface area contributed by atoms with Gasteiger partial charge in [0.25, 0.3) is 5.91 Å². The summed E-state index contributed by atoms with van der Waals surface area (Å²) in [6.45, 7) is 7.96. The Hall–Kier alpha value is -1.97. The Labute approximate surface area is 161 Å².